The molecule has 1 unspecified atom stereocenters. The van der Waals surface area contributed by atoms with Crippen LogP contribution in [0.1, 0.15) is 13.3 Å². The Morgan fingerprint density at radius 1 is 1.45 bits per heavy atom. The number of rotatable bonds is 5. The molecule has 0 bridgehead atoms. The van der Waals surface area contributed by atoms with E-state index >= 15 is 0 Å². The zero-order chi connectivity index (χ0) is 16.1. The predicted octanol–water partition coefficient (Wildman–Crippen LogP) is 0.711. The number of hydrogen-bond acceptors (Lipinski definition) is 5. The molecule has 1 fully saturated rings. The van der Waals surface area contributed by atoms with Gasteiger partial charge in [0.15, 0.2) is 6.61 Å². The molecule has 1 aliphatic heterocycles. The predicted molar refractivity (Wildman–Crippen MR) is 77.4 cm³/mol. The Balaban J connectivity index is 1.94. The Hall–Kier alpha value is -2.64. The maximum atomic E-state index is 12.2. The first kappa shape index (κ1) is 15.7. The molecule has 0 radical (unpaired) electrons. The fraction of sp³-hybridized carbons (Fsp3) is 0.429. The van der Waals surface area contributed by atoms with Crippen LogP contribution in [-0.2, 0) is 9.59 Å². The summed E-state index contributed by atoms with van der Waals surface area (Å²) in [4.78, 5) is 35.4. The van der Waals surface area contributed by atoms with Crippen LogP contribution in [0.15, 0.2) is 24.3 Å². The summed E-state index contributed by atoms with van der Waals surface area (Å²) < 4.78 is 5.34. The van der Waals surface area contributed by atoms with Crippen molar-refractivity contribution in [2.24, 2.45) is 0 Å². The van der Waals surface area contributed by atoms with Crippen molar-refractivity contribution >= 4 is 17.5 Å². The van der Waals surface area contributed by atoms with E-state index in [4.69, 9.17) is 4.74 Å². The summed E-state index contributed by atoms with van der Waals surface area (Å²) in [5, 5.41) is 13.3. The third-order valence-corrected chi connectivity index (χ3v) is 3.45. The van der Waals surface area contributed by atoms with E-state index in [0.717, 1.165) is 0 Å². The number of nitrogens with zero attached hydrogens (tertiary/aromatic N) is 2. The van der Waals surface area contributed by atoms with Crippen LogP contribution in [0.2, 0.25) is 0 Å². The van der Waals surface area contributed by atoms with E-state index in [1.54, 1.807) is 0 Å². The zero-order valence-electron chi connectivity index (χ0n) is 12.2. The van der Waals surface area contributed by atoms with Gasteiger partial charge >= 0.3 is 0 Å². The van der Waals surface area contributed by atoms with Gasteiger partial charge in [0.2, 0.25) is 5.91 Å². The number of nitro benzene ring substituents is 1. The van der Waals surface area contributed by atoms with Crippen molar-refractivity contribution in [3.05, 3.63) is 34.4 Å². The summed E-state index contributed by atoms with van der Waals surface area (Å²) in [6.45, 7) is 2.51. The van der Waals surface area contributed by atoms with E-state index in [0.29, 0.717) is 25.3 Å². The monoisotopic (exact) mass is 307 g/mol. The molecular weight excluding hydrogens is 290 g/mol. The third-order valence-electron chi connectivity index (χ3n) is 3.45. The van der Waals surface area contributed by atoms with Crippen LogP contribution in [0.3, 0.4) is 0 Å². The van der Waals surface area contributed by atoms with Crippen molar-refractivity contribution in [2.45, 2.75) is 19.4 Å². The topological polar surface area (TPSA) is 102 Å². The molecule has 118 valence electrons. The fourth-order valence-electron chi connectivity index (χ4n) is 2.31. The number of nitro groups is 1. The second-order valence-corrected chi connectivity index (χ2v) is 4.84. The quantitative estimate of drug-likeness (QED) is 0.637. The van der Waals surface area contributed by atoms with Crippen LogP contribution in [0.5, 0.6) is 5.75 Å². The normalized spacial score (nSPS) is 17.8. The van der Waals surface area contributed by atoms with Crippen LogP contribution in [0.4, 0.5) is 5.69 Å². The van der Waals surface area contributed by atoms with Gasteiger partial charge < -0.3 is 15.0 Å². The summed E-state index contributed by atoms with van der Waals surface area (Å²) in [5.41, 5.74) is -0.0441. The van der Waals surface area contributed by atoms with Gasteiger partial charge in [-0.3, -0.25) is 19.7 Å². The Labute approximate surface area is 127 Å². The second kappa shape index (κ2) is 6.88. The molecule has 0 aliphatic carbocycles. The number of piperazine rings is 1. The zero-order valence-corrected chi connectivity index (χ0v) is 12.2. The van der Waals surface area contributed by atoms with Crippen LogP contribution in [0.25, 0.3) is 0 Å². The van der Waals surface area contributed by atoms with Crippen LogP contribution < -0.4 is 10.1 Å². The summed E-state index contributed by atoms with van der Waals surface area (Å²) in [6.07, 6.45) is 0.537. The average Bonchev–Trinajstić information content (AvgIpc) is 2.52. The minimum Gasteiger partial charge on any atom is -0.484 e. The number of carbonyl (C=O) groups excluding carboxylic acids is 2. The molecule has 2 amide bonds. The highest BCUT2D eigenvalue weighted by molar-refractivity contribution is 5.89. The summed E-state index contributed by atoms with van der Waals surface area (Å²) in [6, 6.07) is 5.02. The lowest BCUT2D eigenvalue weighted by Gasteiger charge is -2.34. The number of hydrogen-bond donors (Lipinski definition) is 1. The highest BCUT2D eigenvalue weighted by Crippen LogP contribution is 2.17. The molecule has 0 saturated carbocycles. The first-order valence-corrected chi connectivity index (χ1v) is 6.97. The van der Waals surface area contributed by atoms with Gasteiger partial charge in [-0.1, -0.05) is 6.92 Å². The molecule has 1 saturated heterocycles. The molecule has 1 heterocycles. The number of nitrogens with one attached hydrogen (secondary N) is 1. The standard InChI is InChI=1S/C14H17N3O5/c1-2-12-14(19)15-7-8-16(12)13(18)9-22-11-5-3-10(4-6-11)17(20)21/h3-6,12H,2,7-9H2,1H3,(H,15,19). The van der Waals surface area contributed by atoms with Crippen molar-refractivity contribution in [1.29, 1.82) is 0 Å². The maximum Gasteiger partial charge on any atom is 0.269 e. The number of benzene rings is 1. The van der Waals surface area contributed by atoms with Gasteiger partial charge in [-0.05, 0) is 18.6 Å². The van der Waals surface area contributed by atoms with E-state index in [-0.39, 0.29) is 24.1 Å². The number of amides is 2. The highest BCUT2D eigenvalue weighted by atomic mass is 16.6. The summed E-state index contributed by atoms with van der Waals surface area (Å²) in [7, 11) is 0. The fourth-order valence-corrected chi connectivity index (χ4v) is 2.31. The van der Waals surface area contributed by atoms with Crippen LogP contribution in [0, 0.1) is 10.1 Å². The van der Waals surface area contributed by atoms with E-state index in [1.807, 2.05) is 6.92 Å². The Kier molecular flexibility index (Phi) is 4.92. The lowest BCUT2D eigenvalue weighted by Crippen LogP contribution is -2.57. The molecule has 1 aromatic carbocycles. The molecule has 1 aromatic rings. The van der Waals surface area contributed by atoms with Gasteiger partial charge in [0.05, 0.1) is 4.92 Å². The van der Waals surface area contributed by atoms with Crippen molar-refractivity contribution < 1.29 is 19.2 Å². The largest absolute Gasteiger partial charge is 0.484 e. The van der Waals surface area contributed by atoms with Gasteiger partial charge in [0.25, 0.3) is 11.6 Å². The van der Waals surface area contributed by atoms with Gasteiger partial charge in [-0.25, -0.2) is 0 Å². The molecular formula is C14H17N3O5. The Morgan fingerprint density at radius 2 is 2.14 bits per heavy atom. The number of non-ortho nitro benzene ring substituents is 1. The molecule has 1 N–H and O–H groups in total. The minimum atomic E-state index is -0.507. The van der Waals surface area contributed by atoms with Gasteiger partial charge in [-0.15, -0.1) is 0 Å². The maximum absolute atomic E-state index is 12.2. The average molecular weight is 307 g/mol. The smallest absolute Gasteiger partial charge is 0.269 e. The summed E-state index contributed by atoms with van der Waals surface area (Å²) >= 11 is 0. The van der Waals surface area contributed by atoms with E-state index in [9.17, 15) is 19.7 Å². The van der Waals surface area contributed by atoms with Crippen molar-refractivity contribution in [1.82, 2.24) is 10.2 Å². The van der Waals surface area contributed by atoms with Crippen molar-refractivity contribution in [3.63, 3.8) is 0 Å². The second-order valence-electron chi connectivity index (χ2n) is 4.84. The molecule has 0 spiro atoms. The Morgan fingerprint density at radius 3 is 2.73 bits per heavy atom. The molecule has 1 atom stereocenters. The van der Waals surface area contributed by atoms with E-state index in [1.165, 1.54) is 29.2 Å². The lowest BCUT2D eigenvalue weighted by atomic mass is 10.1. The first-order chi connectivity index (χ1) is 10.5. The number of carbonyl (C=O) groups is 2. The first-order valence-electron chi connectivity index (χ1n) is 6.97. The van der Waals surface area contributed by atoms with Crippen LogP contribution >= 0.6 is 0 Å². The van der Waals surface area contributed by atoms with Gasteiger partial charge in [0.1, 0.15) is 11.8 Å². The Bertz CT molecular complexity index is 572. The molecule has 0 aromatic heterocycles. The van der Waals surface area contributed by atoms with E-state index in [2.05, 4.69) is 5.32 Å². The number of ether oxygens (including phenoxy) is 1. The molecule has 8 heteroatoms. The lowest BCUT2D eigenvalue weighted by molar-refractivity contribution is -0.384. The SMILES string of the molecule is CCC1C(=O)NCCN1C(=O)COc1ccc([N+](=O)[O-])cc1. The van der Waals surface area contributed by atoms with Crippen molar-refractivity contribution in [2.75, 3.05) is 19.7 Å². The van der Waals surface area contributed by atoms with Gasteiger partial charge in [0, 0.05) is 25.2 Å². The van der Waals surface area contributed by atoms with Crippen LogP contribution in [-0.4, -0.2) is 47.4 Å². The summed E-state index contributed by atoms with van der Waals surface area (Å²) in [5.74, 6) is -0.0639. The third kappa shape index (κ3) is 3.51. The molecule has 8 nitrogen and oxygen atoms in total. The minimum absolute atomic E-state index is 0.0441. The van der Waals surface area contributed by atoms with Gasteiger partial charge in [-0.2, -0.15) is 0 Å². The van der Waals surface area contributed by atoms with Crippen molar-refractivity contribution in [3.8, 4) is 5.75 Å². The molecule has 2 rings (SSSR count). The molecule has 22 heavy (non-hydrogen) atoms. The highest BCUT2D eigenvalue weighted by Gasteiger charge is 2.31. The van der Waals surface area contributed by atoms with E-state index < -0.39 is 11.0 Å². The molecule has 1 aliphatic rings.